The standard InChI is InChI=1S/C56H111N2O7P/c1-7-10-13-16-19-22-25-28-30-33-36-39-42-45-48-55(59)57-53(52-64-66(61,62)63-51-50-58(4,5)6)54(47-44-41-38-35-32-27-24-21-18-15-12-9-3)65-56(60)49-46-43-40-37-34-31-29-26-23-20-17-14-11-8-2/h44,47,53-54H,7-43,45-46,48-52H2,1-6H3,(H-,57,59,61,62)/p+1/b47-44+. The summed E-state index contributed by atoms with van der Waals surface area (Å²) in [5, 5.41) is 3.05. The van der Waals surface area contributed by atoms with Crippen LogP contribution in [-0.4, -0.2) is 74.3 Å². The second kappa shape index (κ2) is 47.4. The van der Waals surface area contributed by atoms with Crippen LogP contribution in [0.1, 0.15) is 284 Å². The Morgan fingerprint density at radius 1 is 0.515 bits per heavy atom. The van der Waals surface area contributed by atoms with E-state index in [-0.39, 0.29) is 25.1 Å². The summed E-state index contributed by atoms with van der Waals surface area (Å²) in [5.74, 6) is -0.488. The molecule has 0 heterocycles. The molecule has 3 unspecified atom stereocenters. The van der Waals surface area contributed by atoms with Gasteiger partial charge in [0.2, 0.25) is 5.91 Å². The number of rotatable bonds is 52. The number of phosphoric ester groups is 1. The summed E-state index contributed by atoms with van der Waals surface area (Å²) in [5.41, 5.74) is 0. The van der Waals surface area contributed by atoms with E-state index in [4.69, 9.17) is 13.8 Å². The molecule has 0 aromatic rings. The zero-order valence-electron chi connectivity index (χ0n) is 44.7. The number of phosphoric acid groups is 1. The second-order valence-corrected chi connectivity index (χ2v) is 22.3. The molecule has 392 valence electrons. The number of quaternary nitrogens is 1. The first-order valence-corrected chi connectivity index (χ1v) is 30.0. The molecule has 0 aromatic heterocycles. The van der Waals surface area contributed by atoms with Crippen molar-refractivity contribution in [1.29, 1.82) is 0 Å². The van der Waals surface area contributed by atoms with Crippen molar-refractivity contribution in [2.75, 3.05) is 40.9 Å². The zero-order valence-corrected chi connectivity index (χ0v) is 45.6. The number of amides is 1. The first-order chi connectivity index (χ1) is 31.9. The van der Waals surface area contributed by atoms with Gasteiger partial charge in [-0.2, -0.15) is 0 Å². The monoisotopic (exact) mass is 956 g/mol. The fourth-order valence-electron chi connectivity index (χ4n) is 8.53. The smallest absolute Gasteiger partial charge is 0.456 e. The predicted molar refractivity (Wildman–Crippen MR) is 282 cm³/mol. The molecule has 0 aromatic carbocycles. The van der Waals surface area contributed by atoms with E-state index in [1.807, 2.05) is 33.3 Å². The van der Waals surface area contributed by atoms with Crippen molar-refractivity contribution in [3.05, 3.63) is 12.2 Å². The minimum Gasteiger partial charge on any atom is -0.456 e. The normalized spacial score (nSPS) is 13.9. The summed E-state index contributed by atoms with van der Waals surface area (Å²) >= 11 is 0. The number of nitrogens with zero attached hydrogens (tertiary/aromatic N) is 1. The van der Waals surface area contributed by atoms with E-state index in [9.17, 15) is 19.0 Å². The first kappa shape index (κ1) is 64.8. The summed E-state index contributed by atoms with van der Waals surface area (Å²) in [4.78, 5) is 37.5. The maximum atomic E-state index is 13.5. The summed E-state index contributed by atoms with van der Waals surface area (Å²) < 4.78 is 30.6. The number of nitrogens with one attached hydrogen (secondary N) is 1. The van der Waals surface area contributed by atoms with E-state index in [0.717, 1.165) is 57.8 Å². The molecule has 0 aliphatic heterocycles. The lowest BCUT2D eigenvalue weighted by Gasteiger charge is -2.27. The number of ether oxygens (including phenoxy) is 1. The van der Waals surface area contributed by atoms with E-state index < -0.39 is 20.0 Å². The Hall–Kier alpha value is -1.25. The van der Waals surface area contributed by atoms with Gasteiger partial charge < -0.3 is 19.4 Å². The van der Waals surface area contributed by atoms with Gasteiger partial charge in [0, 0.05) is 12.8 Å². The SMILES string of the molecule is CCCCCCCCCCCC/C=C/C(OC(=O)CCCCCCCCCCCCCCCC)C(COP(=O)(O)OCC[N+](C)(C)C)NC(=O)CCCCCCCCCCCCCCCC. The third-order valence-corrected chi connectivity index (χ3v) is 14.0. The lowest BCUT2D eigenvalue weighted by molar-refractivity contribution is -0.870. The van der Waals surface area contributed by atoms with Crippen molar-refractivity contribution < 1.29 is 37.3 Å². The van der Waals surface area contributed by atoms with Crippen LogP contribution in [0.3, 0.4) is 0 Å². The molecule has 66 heavy (non-hydrogen) atoms. The molecule has 0 spiro atoms. The third-order valence-electron chi connectivity index (χ3n) is 13.0. The Kier molecular flexibility index (Phi) is 46.5. The van der Waals surface area contributed by atoms with Gasteiger partial charge in [-0.1, -0.05) is 252 Å². The summed E-state index contributed by atoms with van der Waals surface area (Å²) in [6, 6.07) is -0.837. The highest BCUT2D eigenvalue weighted by molar-refractivity contribution is 7.47. The van der Waals surface area contributed by atoms with Crippen LogP contribution in [0.15, 0.2) is 12.2 Å². The average molecular weight is 956 g/mol. The number of carbonyl (C=O) groups is 2. The van der Waals surface area contributed by atoms with Crippen LogP contribution in [0.5, 0.6) is 0 Å². The predicted octanol–water partition coefficient (Wildman–Crippen LogP) is 16.8. The quantitative estimate of drug-likeness (QED) is 0.0205. The number of hydrogen-bond donors (Lipinski definition) is 2. The van der Waals surface area contributed by atoms with Gasteiger partial charge in [0.15, 0.2) is 0 Å². The number of esters is 1. The van der Waals surface area contributed by atoms with Gasteiger partial charge in [-0.25, -0.2) is 4.57 Å². The second-order valence-electron chi connectivity index (χ2n) is 20.8. The van der Waals surface area contributed by atoms with Crippen molar-refractivity contribution in [2.45, 2.75) is 296 Å². The highest BCUT2D eigenvalue weighted by Gasteiger charge is 2.30. The van der Waals surface area contributed by atoms with E-state index in [1.165, 1.54) is 193 Å². The van der Waals surface area contributed by atoms with Crippen LogP contribution in [0.25, 0.3) is 0 Å². The summed E-state index contributed by atoms with van der Waals surface area (Å²) in [7, 11) is 1.51. The van der Waals surface area contributed by atoms with Crippen LogP contribution in [0.2, 0.25) is 0 Å². The number of allylic oxidation sites excluding steroid dienone is 1. The van der Waals surface area contributed by atoms with Crippen molar-refractivity contribution >= 4 is 19.7 Å². The Morgan fingerprint density at radius 3 is 1.24 bits per heavy atom. The molecule has 1 amide bonds. The maximum absolute atomic E-state index is 13.5. The molecular weight excluding hydrogens is 844 g/mol. The van der Waals surface area contributed by atoms with Gasteiger partial charge in [0.1, 0.15) is 19.3 Å². The lowest BCUT2D eigenvalue weighted by atomic mass is 10.0. The number of hydrogen-bond acceptors (Lipinski definition) is 6. The Morgan fingerprint density at radius 2 is 0.864 bits per heavy atom. The number of likely N-dealkylation sites (N-methyl/N-ethyl adjacent to an activating group) is 1. The first-order valence-electron chi connectivity index (χ1n) is 28.5. The molecule has 3 atom stereocenters. The molecule has 10 heteroatoms. The van der Waals surface area contributed by atoms with Crippen LogP contribution in [-0.2, 0) is 27.9 Å². The third kappa shape index (κ3) is 47.8. The zero-order chi connectivity index (χ0) is 48.7. The molecule has 0 bridgehead atoms. The fourth-order valence-corrected chi connectivity index (χ4v) is 9.27. The molecule has 0 rings (SSSR count). The topological polar surface area (TPSA) is 111 Å². The van der Waals surface area contributed by atoms with Crippen molar-refractivity contribution in [3.8, 4) is 0 Å². The molecule has 0 aliphatic carbocycles. The van der Waals surface area contributed by atoms with Crippen molar-refractivity contribution in [2.24, 2.45) is 0 Å². The summed E-state index contributed by atoms with van der Waals surface area (Å²) in [6.45, 7) is 7.04. The largest absolute Gasteiger partial charge is 0.472 e. The van der Waals surface area contributed by atoms with Crippen molar-refractivity contribution in [1.82, 2.24) is 5.32 Å². The van der Waals surface area contributed by atoms with Gasteiger partial charge in [-0.15, -0.1) is 0 Å². The van der Waals surface area contributed by atoms with Crippen LogP contribution in [0.4, 0.5) is 0 Å². The minimum atomic E-state index is -4.43. The van der Waals surface area contributed by atoms with Crippen LogP contribution >= 0.6 is 7.82 Å². The van der Waals surface area contributed by atoms with Crippen LogP contribution in [0, 0.1) is 0 Å². The molecule has 0 saturated carbocycles. The van der Waals surface area contributed by atoms with Gasteiger partial charge in [0.25, 0.3) is 0 Å². The Labute approximate surface area is 410 Å². The number of carbonyl (C=O) groups excluding carboxylic acids is 2. The van der Waals surface area contributed by atoms with Crippen molar-refractivity contribution in [3.63, 3.8) is 0 Å². The fraction of sp³-hybridized carbons (Fsp3) is 0.929. The molecule has 0 fully saturated rings. The Balaban J connectivity index is 5.33. The van der Waals surface area contributed by atoms with E-state index >= 15 is 0 Å². The molecule has 0 aliphatic rings. The van der Waals surface area contributed by atoms with E-state index in [2.05, 4.69) is 26.1 Å². The van der Waals surface area contributed by atoms with Crippen LogP contribution < -0.4 is 5.32 Å². The molecule has 2 N–H and O–H groups in total. The Bertz CT molecular complexity index is 1150. The molecule has 0 saturated heterocycles. The highest BCUT2D eigenvalue weighted by Crippen LogP contribution is 2.43. The average Bonchev–Trinajstić information content (AvgIpc) is 3.27. The van der Waals surface area contributed by atoms with Gasteiger partial charge >= 0.3 is 13.8 Å². The number of unbranched alkanes of at least 4 members (excludes halogenated alkanes) is 36. The molecule has 0 radical (unpaired) electrons. The lowest BCUT2D eigenvalue weighted by Crippen LogP contribution is -2.47. The highest BCUT2D eigenvalue weighted by atomic mass is 31.2. The van der Waals surface area contributed by atoms with E-state index in [0.29, 0.717) is 23.9 Å². The van der Waals surface area contributed by atoms with E-state index in [1.54, 1.807) is 0 Å². The summed E-state index contributed by atoms with van der Waals surface area (Å²) in [6.07, 6.45) is 51.9. The minimum absolute atomic E-state index is 0.0454. The van der Waals surface area contributed by atoms with Gasteiger partial charge in [0.05, 0.1) is 33.8 Å². The molecule has 9 nitrogen and oxygen atoms in total. The van der Waals surface area contributed by atoms with Gasteiger partial charge in [-0.05, 0) is 31.8 Å². The maximum Gasteiger partial charge on any atom is 0.472 e. The molecular formula is C56H112N2O7P+. The van der Waals surface area contributed by atoms with Gasteiger partial charge in [-0.3, -0.25) is 18.6 Å².